The predicted molar refractivity (Wildman–Crippen MR) is 85.0 cm³/mol. The van der Waals surface area contributed by atoms with Gasteiger partial charge in [-0.3, -0.25) is 19.8 Å². The van der Waals surface area contributed by atoms with Crippen LogP contribution < -0.4 is 5.32 Å². The number of rotatable bonds is 3. The zero-order chi connectivity index (χ0) is 17.4. The molecule has 0 amide bonds. The van der Waals surface area contributed by atoms with Crippen LogP contribution >= 0.6 is 0 Å². The number of nitro groups is 1. The second-order valence-electron chi connectivity index (χ2n) is 5.42. The van der Waals surface area contributed by atoms with Crippen molar-refractivity contribution in [3.63, 3.8) is 0 Å². The lowest BCUT2D eigenvalue weighted by Gasteiger charge is -2.42. The van der Waals surface area contributed by atoms with Crippen molar-refractivity contribution in [2.45, 2.75) is 19.4 Å². The van der Waals surface area contributed by atoms with Gasteiger partial charge in [-0.25, -0.2) is 13.0 Å². The Morgan fingerprint density at radius 1 is 1.61 bits per heavy atom. The van der Waals surface area contributed by atoms with Gasteiger partial charge in [0.1, 0.15) is 15.7 Å². The third-order valence-electron chi connectivity index (χ3n) is 3.70. The van der Waals surface area contributed by atoms with E-state index in [-0.39, 0.29) is 29.5 Å². The summed E-state index contributed by atoms with van der Waals surface area (Å²) in [7, 11) is -1.47. The maximum Gasteiger partial charge on any atom is 0.269 e. The molecular weight excluding hydrogens is 325 g/mol. The normalized spacial score (nSPS) is 27.5. The van der Waals surface area contributed by atoms with Gasteiger partial charge in [-0.05, 0) is 19.9 Å². The molecule has 0 radical (unpaired) electrons. The van der Waals surface area contributed by atoms with Crippen LogP contribution in [-0.2, 0) is 15.5 Å². The number of benzene rings is 1. The molecule has 23 heavy (non-hydrogen) atoms. The maximum absolute atomic E-state index is 14.3. The van der Waals surface area contributed by atoms with E-state index in [4.69, 9.17) is 5.41 Å². The summed E-state index contributed by atoms with van der Waals surface area (Å²) in [6.45, 7) is 3.56. The van der Waals surface area contributed by atoms with Crippen LogP contribution in [0.1, 0.15) is 19.4 Å². The minimum atomic E-state index is -2.94. The molecule has 1 unspecified atom stereocenters. The number of nitrogens with zero attached hydrogens (tertiary/aromatic N) is 3. The van der Waals surface area contributed by atoms with Gasteiger partial charge in [0.15, 0.2) is 0 Å². The fourth-order valence-corrected chi connectivity index (χ4v) is 4.69. The van der Waals surface area contributed by atoms with E-state index in [1.807, 2.05) is 0 Å². The van der Waals surface area contributed by atoms with Crippen molar-refractivity contribution in [3.05, 3.63) is 39.7 Å². The van der Waals surface area contributed by atoms with Crippen LogP contribution in [0.3, 0.4) is 0 Å². The molecule has 10 heteroatoms. The Bertz CT molecular complexity index is 790. The van der Waals surface area contributed by atoms with E-state index in [1.54, 1.807) is 13.8 Å². The molecule has 1 fully saturated rings. The van der Waals surface area contributed by atoms with Gasteiger partial charge in [0.2, 0.25) is 5.96 Å². The first kappa shape index (κ1) is 17.1. The summed E-state index contributed by atoms with van der Waals surface area (Å²) < 4.78 is 32.5. The molecule has 2 atom stereocenters. The van der Waals surface area contributed by atoms with E-state index < -0.39 is 26.2 Å². The second-order valence-corrected chi connectivity index (χ2v) is 7.73. The number of halogens is 1. The van der Waals surface area contributed by atoms with E-state index in [0.29, 0.717) is 0 Å². The molecule has 0 saturated carbocycles. The summed E-state index contributed by atoms with van der Waals surface area (Å²) >= 11 is 0. The number of nitro benzene ring substituents is 1. The summed E-state index contributed by atoms with van der Waals surface area (Å²) in [5.74, 6) is -0.932. The molecular formula is C13H18FN5O3S. The maximum atomic E-state index is 14.3. The first-order valence-electron chi connectivity index (χ1n) is 6.88. The van der Waals surface area contributed by atoms with Gasteiger partial charge in [-0.1, -0.05) is 0 Å². The minimum Gasteiger partial charge on any atom is -0.345 e. The van der Waals surface area contributed by atoms with Crippen LogP contribution in [0.25, 0.3) is 0 Å². The molecule has 2 N–H and O–H groups in total. The Morgan fingerprint density at radius 2 is 2.26 bits per heavy atom. The highest BCUT2D eigenvalue weighted by atomic mass is 32.2. The van der Waals surface area contributed by atoms with Crippen LogP contribution in [-0.4, -0.2) is 38.7 Å². The molecule has 1 aliphatic rings. The molecule has 1 aromatic rings. The third kappa shape index (κ3) is 2.98. The summed E-state index contributed by atoms with van der Waals surface area (Å²) in [6.07, 6.45) is 0. The molecule has 1 aliphatic heterocycles. The third-order valence-corrected chi connectivity index (χ3v) is 6.35. The van der Waals surface area contributed by atoms with Crippen molar-refractivity contribution >= 4 is 21.6 Å². The van der Waals surface area contributed by atoms with Crippen molar-refractivity contribution in [1.29, 1.82) is 5.41 Å². The zero-order valence-corrected chi connectivity index (χ0v) is 13.8. The molecule has 1 heterocycles. The molecule has 0 aromatic heterocycles. The quantitative estimate of drug-likeness (QED) is 0.644. The average molecular weight is 343 g/mol. The molecule has 2 rings (SSSR count). The van der Waals surface area contributed by atoms with E-state index in [0.717, 1.165) is 18.2 Å². The molecule has 126 valence electrons. The number of hydrogen-bond acceptors (Lipinski definition) is 5. The smallest absolute Gasteiger partial charge is 0.269 e. The topological polar surface area (TPSA) is 112 Å². The summed E-state index contributed by atoms with van der Waals surface area (Å²) in [5.41, 5.74) is -1.52. The molecule has 0 bridgehead atoms. The highest BCUT2D eigenvalue weighted by Gasteiger charge is 2.42. The average Bonchev–Trinajstić information content (AvgIpc) is 2.45. The van der Waals surface area contributed by atoms with Crippen molar-refractivity contribution in [3.8, 4) is 0 Å². The zero-order valence-electron chi connectivity index (χ0n) is 13.0. The minimum absolute atomic E-state index is 0.0106. The van der Waals surface area contributed by atoms with Crippen LogP contribution in [0.2, 0.25) is 0 Å². The highest BCUT2D eigenvalue weighted by Crippen LogP contribution is 2.32. The van der Waals surface area contributed by atoms with Crippen LogP contribution in [0.4, 0.5) is 10.1 Å². The number of non-ortho nitro benzene ring substituents is 1. The Morgan fingerprint density at radius 3 is 2.83 bits per heavy atom. The van der Waals surface area contributed by atoms with Gasteiger partial charge in [0, 0.05) is 31.3 Å². The Hall–Kier alpha value is -2.23. The largest absolute Gasteiger partial charge is 0.345 e. The first-order chi connectivity index (χ1) is 10.6. The fourth-order valence-electron chi connectivity index (χ4n) is 2.52. The van der Waals surface area contributed by atoms with Gasteiger partial charge in [0.25, 0.3) is 5.69 Å². The molecule has 1 saturated heterocycles. The van der Waals surface area contributed by atoms with Gasteiger partial charge < -0.3 is 5.32 Å². The molecule has 0 spiro atoms. The number of hydrogen-bond donors (Lipinski definition) is 2. The standard InChI is InChI=1S/C13H18FN5O3S/c1-4-16-23(22)8-13(2,17-12(15)18(23)3)10-7-9(19(20)21)5-6-11(10)14/h5-7H,4,8H2,1-3H3,(H2,15,17)/t13-,23?/m0/s1. The fraction of sp³-hybridized carbons (Fsp3) is 0.462. The van der Waals surface area contributed by atoms with Crippen molar-refractivity contribution < 1.29 is 13.5 Å². The van der Waals surface area contributed by atoms with Crippen LogP contribution in [0, 0.1) is 21.3 Å². The summed E-state index contributed by atoms with van der Waals surface area (Å²) in [4.78, 5) is 10.3. The van der Waals surface area contributed by atoms with Crippen LogP contribution in [0.5, 0.6) is 0 Å². The monoisotopic (exact) mass is 343 g/mol. The summed E-state index contributed by atoms with van der Waals surface area (Å²) in [6, 6.07) is 3.17. The molecule has 8 nitrogen and oxygen atoms in total. The summed E-state index contributed by atoms with van der Waals surface area (Å²) in [5, 5.41) is 21.7. The first-order valence-corrected chi connectivity index (χ1v) is 8.52. The Kier molecular flexibility index (Phi) is 4.29. The molecule has 0 aliphatic carbocycles. The van der Waals surface area contributed by atoms with Crippen molar-refractivity contribution in [1.82, 2.24) is 9.62 Å². The SMILES string of the molecule is CCN=S1(=O)C[C@@](C)(c2cc([N+](=O)[O-])ccc2F)NC(=N)N1C. The van der Waals surface area contributed by atoms with Crippen molar-refractivity contribution in [2.24, 2.45) is 4.36 Å². The Balaban J connectivity index is 2.60. The lowest BCUT2D eigenvalue weighted by Crippen LogP contribution is -2.61. The van der Waals surface area contributed by atoms with Gasteiger partial charge in [-0.15, -0.1) is 0 Å². The van der Waals surface area contributed by atoms with Gasteiger partial charge in [0.05, 0.1) is 16.2 Å². The Labute approximate surface area is 133 Å². The second kappa shape index (κ2) is 5.76. The van der Waals surface area contributed by atoms with E-state index >= 15 is 0 Å². The highest BCUT2D eigenvalue weighted by molar-refractivity contribution is 7.92. The van der Waals surface area contributed by atoms with Gasteiger partial charge in [-0.2, -0.15) is 0 Å². The number of guanidine groups is 1. The van der Waals surface area contributed by atoms with E-state index in [1.165, 1.54) is 11.4 Å². The van der Waals surface area contributed by atoms with Gasteiger partial charge >= 0.3 is 0 Å². The van der Waals surface area contributed by atoms with Crippen molar-refractivity contribution in [2.75, 3.05) is 19.3 Å². The van der Waals surface area contributed by atoms with E-state index in [9.17, 15) is 18.7 Å². The molecule has 1 aromatic carbocycles. The number of nitrogens with one attached hydrogen (secondary N) is 2. The van der Waals surface area contributed by atoms with Crippen LogP contribution in [0.15, 0.2) is 22.6 Å². The lowest BCUT2D eigenvalue weighted by molar-refractivity contribution is -0.385. The lowest BCUT2D eigenvalue weighted by atomic mass is 9.93. The predicted octanol–water partition coefficient (Wildman–Crippen LogP) is 1.82. The van der Waals surface area contributed by atoms with E-state index in [2.05, 4.69) is 9.68 Å².